The van der Waals surface area contributed by atoms with Crippen molar-refractivity contribution in [1.29, 1.82) is 0 Å². The van der Waals surface area contributed by atoms with E-state index in [1.54, 1.807) is 6.07 Å². The molecule has 0 aliphatic carbocycles. The number of para-hydroxylation sites is 1. The number of benzene rings is 1. The first-order chi connectivity index (χ1) is 13.0. The Bertz CT molecular complexity index is 880. The first-order valence-corrected chi connectivity index (χ1v) is 10.4. The molecule has 0 unspecified atom stereocenters. The van der Waals surface area contributed by atoms with Gasteiger partial charge in [-0.15, -0.1) is 0 Å². The zero-order valence-corrected chi connectivity index (χ0v) is 17.0. The maximum absolute atomic E-state index is 12.4. The number of anilines is 1. The predicted octanol–water partition coefficient (Wildman–Crippen LogP) is 3.23. The molecule has 27 heavy (non-hydrogen) atoms. The first-order valence-electron chi connectivity index (χ1n) is 9.00. The monoisotopic (exact) mass is 406 g/mol. The van der Waals surface area contributed by atoms with E-state index in [1.165, 1.54) is 11.8 Å². The van der Waals surface area contributed by atoms with Crippen LogP contribution in [0, 0.1) is 6.92 Å². The van der Waals surface area contributed by atoms with E-state index in [0.717, 1.165) is 42.8 Å². The Morgan fingerprint density at radius 2 is 2.26 bits per heavy atom. The summed E-state index contributed by atoms with van der Waals surface area (Å²) in [5, 5.41) is 3.81. The van der Waals surface area contributed by atoms with E-state index in [-0.39, 0.29) is 17.2 Å². The van der Waals surface area contributed by atoms with Crippen molar-refractivity contribution < 1.29 is 4.79 Å². The summed E-state index contributed by atoms with van der Waals surface area (Å²) in [4.78, 5) is 34.3. The summed E-state index contributed by atoms with van der Waals surface area (Å²) >= 11 is 7.36. The van der Waals surface area contributed by atoms with Gasteiger partial charge in [0.25, 0.3) is 5.56 Å². The molecule has 2 aromatic rings. The number of carbonyl (C=O) groups is 1. The molecular formula is C19H23ClN4O2S. The molecule has 0 fully saturated rings. The van der Waals surface area contributed by atoms with Crippen molar-refractivity contribution in [2.45, 2.75) is 38.4 Å². The number of amides is 1. The number of aromatic nitrogens is 2. The first kappa shape index (κ1) is 19.9. The van der Waals surface area contributed by atoms with Crippen molar-refractivity contribution in [3.05, 3.63) is 50.4 Å². The molecule has 144 valence electrons. The molecule has 1 aromatic carbocycles. The fourth-order valence-electron chi connectivity index (χ4n) is 3.13. The molecule has 1 aliphatic rings. The maximum Gasteiger partial charge on any atom is 0.256 e. The van der Waals surface area contributed by atoms with Crippen molar-refractivity contribution in [1.82, 2.24) is 14.9 Å². The maximum atomic E-state index is 12.4. The smallest absolute Gasteiger partial charge is 0.256 e. The third-order valence-corrected chi connectivity index (χ3v) is 5.68. The molecule has 0 radical (unpaired) electrons. The van der Waals surface area contributed by atoms with Crippen LogP contribution in [0.1, 0.15) is 30.2 Å². The average molecular weight is 407 g/mol. The minimum absolute atomic E-state index is 0.106. The molecule has 3 rings (SSSR count). The molecule has 0 saturated carbocycles. The number of nitrogens with one attached hydrogen (secondary N) is 2. The molecule has 2 heterocycles. The summed E-state index contributed by atoms with van der Waals surface area (Å²) in [6.45, 7) is 6.55. The van der Waals surface area contributed by atoms with Gasteiger partial charge in [0, 0.05) is 19.5 Å². The summed E-state index contributed by atoms with van der Waals surface area (Å²) in [5.74, 6) is -0.0420. The number of H-pyrrole nitrogens is 1. The molecule has 0 spiro atoms. The van der Waals surface area contributed by atoms with E-state index < -0.39 is 0 Å². The Kier molecular flexibility index (Phi) is 6.57. The van der Waals surface area contributed by atoms with Crippen LogP contribution in [0.25, 0.3) is 0 Å². The van der Waals surface area contributed by atoms with Gasteiger partial charge in [-0.2, -0.15) is 0 Å². The van der Waals surface area contributed by atoms with Crippen LogP contribution >= 0.6 is 23.4 Å². The van der Waals surface area contributed by atoms with Crippen LogP contribution in [0.2, 0.25) is 5.02 Å². The molecule has 0 saturated heterocycles. The lowest BCUT2D eigenvalue weighted by molar-refractivity contribution is -0.113. The number of rotatable bonds is 6. The highest BCUT2D eigenvalue weighted by atomic mass is 35.5. The molecule has 1 aromatic heterocycles. The highest BCUT2D eigenvalue weighted by Gasteiger charge is 2.21. The van der Waals surface area contributed by atoms with E-state index in [1.807, 2.05) is 19.1 Å². The summed E-state index contributed by atoms with van der Waals surface area (Å²) in [6.07, 6.45) is 1.83. The lowest BCUT2D eigenvalue weighted by atomic mass is 10.1. The lowest BCUT2D eigenvalue weighted by Crippen LogP contribution is -2.36. The average Bonchev–Trinajstić information content (AvgIpc) is 2.64. The second-order valence-corrected chi connectivity index (χ2v) is 7.96. The summed E-state index contributed by atoms with van der Waals surface area (Å²) in [5.41, 5.74) is 3.00. The van der Waals surface area contributed by atoms with Crippen LogP contribution in [-0.4, -0.2) is 39.6 Å². The third kappa shape index (κ3) is 4.91. The fourth-order valence-corrected chi connectivity index (χ4v) is 4.08. The molecule has 1 amide bonds. The number of hydrogen-bond acceptors (Lipinski definition) is 5. The second kappa shape index (κ2) is 8.91. The number of fused-ring (bicyclic) bond motifs is 1. The van der Waals surface area contributed by atoms with E-state index in [2.05, 4.69) is 27.1 Å². The highest BCUT2D eigenvalue weighted by Crippen LogP contribution is 2.25. The number of hydrogen-bond donors (Lipinski definition) is 2. The molecule has 8 heteroatoms. The lowest BCUT2D eigenvalue weighted by Gasteiger charge is -2.27. The number of nitrogens with zero attached hydrogens (tertiary/aromatic N) is 2. The minimum Gasteiger partial charge on any atom is -0.324 e. The number of aryl methyl sites for hydroxylation is 1. The van der Waals surface area contributed by atoms with Crippen LogP contribution in [0.3, 0.4) is 0 Å². The summed E-state index contributed by atoms with van der Waals surface area (Å²) < 4.78 is 0. The van der Waals surface area contributed by atoms with Gasteiger partial charge in [-0.3, -0.25) is 14.5 Å². The van der Waals surface area contributed by atoms with Crippen LogP contribution in [0.4, 0.5) is 5.69 Å². The molecule has 0 bridgehead atoms. The summed E-state index contributed by atoms with van der Waals surface area (Å²) in [6, 6.07) is 5.46. The Morgan fingerprint density at radius 3 is 3.00 bits per heavy atom. The van der Waals surface area contributed by atoms with Crippen LogP contribution in [-0.2, 0) is 17.8 Å². The quantitative estimate of drug-likeness (QED) is 0.568. The number of thioether (sulfide) groups is 1. The number of aromatic amines is 1. The molecule has 0 atom stereocenters. The predicted molar refractivity (Wildman–Crippen MR) is 110 cm³/mol. The topological polar surface area (TPSA) is 78.1 Å². The van der Waals surface area contributed by atoms with Gasteiger partial charge in [0.05, 0.1) is 27.7 Å². The van der Waals surface area contributed by atoms with Gasteiger partial charge in [0.2, 0.25) is 5.91 Å². The van der Waals surface area contributed by atoms with Gasteiger partial charge in [-0.1, -0.05) is 42.4 Å². The van der Waals surface area contributed by atoms with Crippen molar-refractivity contribution in [3.63, 3.8) is 0 Å². The number of carbonyl (C=O) groups excluding carboxylic acids is 1. The van der Waals surface area contributed by atoms with Gasteiger partial charge in [0.15, 0.2) is 5.16 Å². The Labute approximate surface area is 167 Å². The standard InChI is InChI=1S/C19H23ClN4O2S/c1-3-8-24-9-7-15-13(10-24)18(26)23-19(21-15)27-11-16(25)22-17-12(2)5-4-6-14(17)20/h4-6H,3,7-11H2,1-2H3,(H,22,25)(H,21,23,26). The van der Waals surface area contributed by atoms with Gasteiger partial charge < -0.3 is 10.3 Å². The molecule has 6 nitrogen and oxygen atoms in total. The van der Waals surface area contributed by atoms with Gasteiger partial charge >= 0.3 is 0 Å². The van der Waals surface area contributed by atoms with Crippen molar-refractivity contribution in [3.8, 4) is 0 Å². The molecular weight excluding hydrogens is 384 g/mol. The second-order valence-electron chi connectivity index (χ2n) is 6.59. The van der Waals surface area contributed by atoms with Gasteiger partial charge in [-0.05, 0) is 31.5 Å². The minimum atomic E-state index is -0.189. The Hall–Kier alpha value is -1.83. The van der Waals surface area contributed by atoms with E-state index >= 15 is 0 Å². The largest absolute Gasteiger partial charge is 0.324 e. The fraction of sp³-hybridized carbons (Fsp3) is 0.421. The molecule has 1 aliphatic heterocycles. The van der Waals surface area contributed by atoms with Crippen molar-refractivity contribution >= 4 is 35.0 Å². The van der Waals surface area contributed by atoms with Crippen molar-refractivity contribution in [2.24, 2.45) is 0 Å². The molecule has 2 N–H and O–H groups in total. The third-order valence-electron chi connectivity index (χ3n) is 4.49. The zero-order chi connectivity index (χ0) is 19.4. The SMILES string of the molecule is CCCN1CCc2nc(SCC(=O)Nc3c(C)cccc3Cl)[nH]c(=O)c2C1. The van der Waals surface area contributed by atoms with Crippen LogP contribution in [0.5, 0.6) is 0 Å². The van der Waals surface area contributed by atoms with E-state index in [9.17, 15) is 9.59 Å². The zero-order valence-electron chi connectivity index (χ0n) is 15.5. The Morgan fingerprint density at radius 1 is 1.44 bits per heavy atom. The highest BCUT2D eigenvalue weighted by molar-refractivity contribution is 7.99. The Balaban J connectivity index is 1.64. The summed E-state index contributed by atoms with van der Waals surface area (Å²) in [7, 11) is 0. The van der Waals surface area contributed by atoms with Gasteiger partial charge in [-0.25, -0.2) is 4.98 Å². The van der Waals surface area contributed by atoms with Crippen molar-refractivity contribution in [2.75, 3.05) is 24.2 Å². The van der Waals surface area contributed by atoms with Gasteiger partial charge in [0.1, 0.15) is 0 Å². The van der Waals surface area contributed by atoms with E-state index in [0.29, 0.717) is 22.4 Å². The number of halogens is 1. The van der Waals surface area contributed by atoms with Crippen LogP contribution in [0.15, 0.2) is 28.2 Å². The van der Waals surface area contributed by atoms with E-state index in [4.69, 9.17) is 11.6 Å². The normalized spacial score (nSPS) is 14.0. The van der Waals surface area contributed by atoms with Crippen LogP contribution < -0.4 is 10.9 Å².